The fraction of sp³-hybridized carbons (Fsp3) is 0.222. The molecule has 0 bridgehead atoms. The Morgan fingerprint density at radius 1 is 1.36 bits per heavy atom. The third-order valence-corrected chi connectivity index (χ3v) is 1.87. The number of aromatic hydroxyl groups is 1. The lowest BCUT2D eigenvalue weighted by Crippen LogP contribution is -2.18. The molecule has 0 atom stereocenters. The van der Waals surface area contributed by atoms with E-state index < -0.39 is 0 Å². The molecular weight excluding hydrogens is 138 g/mol. The van der Waals surface area contributed by atoms with E-state index in [2.05, 4.69) is 11.9 Å². The van der Waals surface area contributed by atoms with Gasteiger partial charge in [-0.15, -0.1) is 0 Å². The molecule has 0 aromatic heterocycles. The van der Waals surface area contributed by atoms with Gasteiger partial charge in [0.25, 0.3) is 0 Å². The van der Waals surface area contributed by atoms with Gasteiger partial charge in [-0.1, -0.05) is 6.07 Å². The normalized spacial score (nSPS) is 16.0. The van der Waals surface area contributed by atoms with Crippen molar-refractivity contribution < 1.29 is 5.11 Å². The maximum Gasteiger partial charge on any atom is 0.115 e. The zero-order chi connectivity index (χ0) is 7.68. The summed E-state index contributed by atoms with van der Waals surface area (Å²) >= 11 is 0. The van der Waals surface area contributed by atoms with Crippen molar-refractivity contribution in [3.63, 3.8) is 0 Å². The summed E-state index contributed by atoms with van der Waals surface area (Å²) < 4.78 is 0. The second-order valence-corrected chi connectivity index (χ2v) is 2.66. The zero-order valence-electron chi connectivity index (χ0n) is 6.09. The smallest absolute Gasteiger partial charge is 0.115 e. The van der Waals surface area contributed by atoms with Crippen LogP contribution in [-0.2, 0) is 13.0 Å². The first kappa shape index (κ1) is 6.68. The first-order chi connectivity index (χ1) is 5.36. The first-order valence-electron chi connectivity index (χ1n) is 3.63. The summed E-state index contributed by atoms with van der Waals surface area (Å²) in [5.41, 5.74) is 2.42. The molecule has 1 aromatic rings. The van der Waals surface area contributed by atoms with Crippen molar-refractivity contribution in [2.24, 2.45) is 0 Å². The van der Waals surface area contributed by atoms with Crippen molar-refractivity contribution in [1.82, 2.24) is 5.32 Å². The van der Waals surface area contributed by atoms with E-state index in [1.807, 2.05) is 6.07 Å². The average molecular weight is 147 g/mol. The van der Waals surface area contributed by atoms with Crippen LogP contribution in [-0.4, -0.2) is 5.11 Å². The maximum absolute atomic E-state index is 9.14. The van der Waals surface area contributed by atoms with Gasteiger partial charge in [0.1, 0.15) is 5.75 Å². The number of phenolic OH excluding ortho intramolecular Hbond substituents is 1. The van der Waals surface area contributed by atoms with Crippen molar-refractivity contribution in [3.05, 3.63) is 35.9 Å². The Bertz CT molecular complexity index is 270. The molecule has 11 heavy (non-hydrogen) atoms. The molecule has 0 saturated carbocycles. The molecule has 2 nitrogen and oxygen atoms in total. The second-order valence-electron chi connectivity index (χ2n) is 2.66. The van der Waals surface area contributed by atoms with Crippen molar-refractivity contribution in [3.8, 4) is 5.75 Å². The monoisotopic (exact) mass is 147 g/mol. The van der Waals surface area contributed by atoms with Crippen LogP contribution in [0.1, 0.15) is 11.1 Å². The van der Waals surface area contributed by atoms with Gasteiger partial charge in [0, 0.05) is 6.54 Å². The number of benzene rings is 1. The first-order valence-corrected chi connectivity index (χ1v) is 3.63. The highest BCUT2D eigenvalue weighted by Crippen LogP contribution is 2.19. The predicted molar refractivity (Wildman–Crippen MR) is 41.9 cm³/mol. The molecule has 0 saturated heterocycles. The van der Waals surface area contributed by atoms with E-state index in [4.69, 9.17) is 5.11 Å². The standard InChI is InChI=1S/C9H9NO/c11-9-2-1-8-6-10-4-3-7(8)5-9/h1-2,5,10-11H,3,6H2. The third-order valence-electron chi connectivity index (χ3n) is 1.87. The van der Waals surface area contributed by atoms with Gasteiger partial charge < -0.3 is 10.4 Å². The summed E-state index contributed by atoms with van der Waals surface area (Å²) in [6.07, 6.45) is 0.781. The number of phenols is 1. The molecule has 0 amide bonds. The lowest BCUT2D eigenvalue weighted by atomic mass is 10.0. The minimum Gasteiger partial charge on any atom is -0.508 e. The number of nitrogens with one attached hydrogen (secondary N) is 1. The van der Waals surface area contributed by atoms with Gasteiger partial charge >= 0.3 is 0 Å². The SMILES string of the molecule is Oc1ccc2c(c1)C[C]NC2. The number of rotatable bonds is 0. The van der Waals surface area contributed by atoms with E-state index in [9.17, 15) is 0 Å². The molecule has 0 spiro atoms. The molecule has 2 rings (SSSR count). The van der Waals surface area contributed by atoms with E-state index >= 15 is 0 Å². The van der Waals surface area contributed by atoms with E-state index in [-0.39, 0.29) is 0 Å². The quantitative estimate of drug-likeness (QED) is 0.575. The van der Waals surface area contributed by atoms with Gasteiger partial charge in [0.15, 0.2) is 0 Å². The molecule has 56 valence electrons. The minimum atomic E-state index is 0.340. The third kappa shape index (κ3) is 1.21. The minimum absolute atomic E-state index is 0.340. The van der Waals surface area contributed by atoms with Crippen molar-refractivity contribution >= 4 is 0 Å². The summed E-state index contributed by atoms with van der Waals surface area (Å²) in [5.74, 6) is 0.340. The average Bonchev–Trinajstić information content (AvgIpc) is 2.04. The van der Waals surface area contributed by atoms with Crippen LogP contribution in [0.2, 0.25) is 0 Å². The topological polar surface area (TPSA) is 32.3 Å². The van der Waals surface area contributed by atoms with Crippen LogP contribution in [0.4, 0.5) is 0 Å². The van der Waals surface area contributed by atoms with E-state index in [1.165, 1.54) is 11.1 Å². The largest absolute Gasteiger partial charge is 0.508 e. The lowest BCUT2D eigenvalue weighted by molar-refractivity contribution is 0.473. The van der Waals surface area contributed by atoms with Crippen molar-refractivity contribution in [2.75, 3.05) is 0 Å². The van der Waals surface area contributed by atoms with Gasteiger partial charge in [-0.3, -0.25) is 0 Å². The molecule has 0 aliphatic carbocycles. The Hall–Kier alpha value is -1.02. The second kappa shape index (κ2) is 2.55. The Kier molecular flexibility index (Phi) is 1.55. The van der Waals surface area contributed by atoms with Crippen LogP contribution in [0.5, 0.6) is 5.75 Å². The number of hydrogen-bond acceptors (Lipinski definition) is 2. The van der Waals surface area contributed by atoms with Crippen LogP contribution in [0.3, 0.4) is 0 Å². The predicted octanol–water partition coefficient (Wildman–Crippen LogP) is 1.08. The van der Waals surface area contributed by atoms with Crippen LogP contribution >= 0.6 is 0 Å². The molecule has 2 heteroatoms. The Labute approximate surface area is 65.9 Å². The fourth-order valence-corrected chi connectivity index (χ4v) is 1.26. The van der Waals surface area contributed by atoms with Crippen molar-refractivity contribution in [2.45, 2.75) is 13.0 Å². The molecular formula is C9H9NO. The van der Waals surface area contributed by atoms with E-state index in [0.29, 0.717) is 5.75 Å². The molecule has 1 aliphatic rings. The highest BCUT2D eigenvalue weighted by atomic mass is 16.3. The Balaban J connectivity index is 2.43. The summed E-state index contributed by atoms with van der Waals surface area (Å²) in [7, 11) is 0. The van der Waals surface area contributed by atoms with Gasteiger partial charge in [0.2, 0.25) is 0 Å². The van der Waals surface area contributed by atoms with Gasteiger partial charge in [0.05, 0.1) is 6.54 Å². The Morgan fingerprint density at radius 3 is 3.18 bits per heavy atom. The van der Waals surface area contributed by atoms with Crippen LogP contribution in [0, 0.1) is 6.54 Å². The number of fused-ring (bicyclic) bond motifs is 1. The van der Waals surface area contributed by atoms with Crippen molar-refractivity contribution in [1.29, 1.82) is 0 Å². The van der Waals surface area contributed by atoms with Crippen LogP contribution in [0.15, 0.2) is 18.2 Å². The highest BCUT2D eigenvalue weighted by molar-refractivity contribution is 5.36. The molecule has 1 aliphatic heterocycles. The lowest BCUT2D eigenvalue weighted by Gasteiger charge is -2.15. The molecule has 2 N–H and O–H groups in total. The van der Waals surface area contributed by atoms with E-state index in [1.54, 1.807) is 12.1 Å². The van der Waals surface area contributed by atoms with Crippen LogP contribution in [0.25, 0.3) is 0 Å². The molecule has 0 fully saturated rings. The Morgan fingerprint density at radius 2 is 2.27 bits per heavy atom. The fourth-order valence-electron chi connectivity index (χ4n) is 1.26. The summed E-state index contributed by atoms with van der Waals surface area (Å²) in [6, 6.07) is 5.45. The van der Waals surface area contributed by atoms with Gasteiger partial charge in [-0.05, 0) is 29.7 Å². The van der Waals surface area contributed by atoms with Gasteiger partial charge in [-0.25, -0.2) is 0 Å². The molecule has 1 aromatic carbocycles. The molecule has 1 heterocycles. The van der Waals surface area contributed by atoms with Gasteiger partial charge in [-0.2, -0.15) is 0 Å². The van der Waals surface area contributed by atoms with E-state index in [0.717, 1.165) is 13.0 Å². The molecule has 0 unspecified atom stereocenters. The maximum atomic E-state index is 9.14. The summed E-state index contributed by atoms with van der Waals surface area (Å²) in [5, 5.41) is 12.2. The summed E-state index contributed by atoms with van der Waals surface area (Å²) in [4.78, 5) is 0. The molecule has 2 radical (unpaired) electrons. The highest BCUT2D eigenvalue weighted by Gasteiger charge is 2.08. The zero-order valence-corrected chi connectivity index (χ0v) is 6.09. The summed E-state index contributed by atoms with van der Waals surface area (Å²) in [6.45, 7) is 3.84. The number of hydrogen-bond donors (Lipinski definition) is 2. The van der Waals surface area contributed by atoms with Crippen LogP contribution < -0.4 is 5.32 Å².